The van der Waals surface area contributed by atoms with E-state index in [1.807, 2.05) is 0 Å². The molecule has 0 bridgehead atoms. The Hall–Kier alpha value is -0.650. The molecule has 1 saturated heterocycles. The fraction of sp³-hybridized carbons (Fsp3) is 0.800. The average Bonchev–Trinajstić information content (AvgIpc) is 2.88. The first kappa shape index (κ1) is 15.7. The van der Waals surface area contributed by atoms with E-state index in [-0.39, 0.29) is 0 Å². The lowest BCUT2D eigenvalue weighted by atomic mass is 9.97. The summed E-state index contributed by atoms with van der Waals surface area (Å²) in [7, 11) is 4.34. The van der Waals surface area contributed by atoms with Crippen molar-refractivity contribution in [3.8, 4) is 0 Å². The molecule has 0 aromatic carbocycles. The number of piperidine rings is 1. The van der Waals surface area contributed by atoms with Gasteiger partial charge in [0, 0.05) is 31.6 Å². The topological polar surface area (TPSA) is 31.4 Å². The predicted molar refractivity (Wildman–Crippen MR) is 87.6 cm³/mol. The number of hydrogen-bond donors (Lipinski definition) is 1. The quantitative estimate of drug-likeness (QED) is 0.783. The van der Waals surface area contributed by atoms with Gasteiger partial charge in [0.05, 0.1) is 5.69 Å². The molecule has 2 heterocycles. The molecule has 0 aliphatic carbocycles. The van der Waals surface area contributed by atoms with Gasteiger partial charge in [-0.1, -0.05) is 6.92 Å². The fourth-order valence-electron chi connectivity index (χ4n) is 2.74. The van der Waals surface area contributed by atoms with Gasteiger partial charge in [0.2, 0.25) is 0 Å². The van der Waals surface area contributed by atoms with Gasteiger partial charge in [0.25, 0.3) is 0 Å². The first-order valence-corrected chi connectivity index (χ1v) is 8.61. The molecule has 20 heavy (non-hydrogen) atoms. The second-order valence-corrected chi connectivity index (χ2v) is 6.83. The van der Waals surface area contributed by atoms with Crippen LogP contribution >= 0.6 is 11.3 Å². The Morgan fingerprint density at radius 1 is 1.40 bits per heavy atom. The summed E-state index contributed by atoms with van der Waals surface area (Å²) in [5, 5.41) is 6.82. The molecule has 0 saturated carbocycles. The van der Waals surface area contributed by atoms with Crippen molar-refractivity contribution in [3.05, 3.63) is 11.1 Å². The molecule has 1 fully saturated rings. The monoisotopic (exact) mass is 296 g/mol. The van der Waals surface area contributed by atoms with Gasteiger partial charge in [0.15, 0.2) is 5.13 Å². The summed E-state index contributed by atoms with van der Waals surface area (Å²) in [6.45, 7) is 7.71. The summed E-state index contributed by atoms with van der Waals surface area (Å²) in [5.74, 6) is 0.854. The van der Waals surface area contributed by atoms with Crippen LogP contribution < -0.4 is 10.2 Å². The molecule has 1 aromatic rings. The Labute approximate surface area is 127 Å². The van der Waals surface area contributed by atoms with Crippen LogP contribution in [0.1, 0.15) is 31.9 Å². The molecule has 4 nitrogen and oxygen atoms in total. The minimum atomic E-state index is 0.854. The van der Waals surface area contributed by atoms with Crippen LogP contribution in [-0.4, -0.2) is 50.2 Å². The molecule has 0 atom stereocenters. The molecule has 1 aliphatic heterocycles. The molecule has 1 aromatic heterocycles. The maximum atomic E-state index is 4.76. The molecule has 1 N–H and O–H groups in total. The van der Waals surface area contributed by atoms with Crippen LogP contribution in [-0.2, 0) is 6.54 Å². The van der Waals surface area contributed by atoms with Gasteiger partial charge in [0.1, 0.15) is 0 Å². The van der Waals surface area contributed by atoms with Crippen molar-refractivity contribution in [2.45, 2.75) is 32.7 Å². The van der Waals surface area contributed by atoms with Crippen LogP contribution in [0.4, 0.5) is 5.13 Å². The van der Waals surface area contributed by atoms with Gasteiger partial charge in [-0.15, -0.1) is 11.3 Å². The number of hydrogen-bond acceptors (Lipinski definition) is 5. The van der Waals surface area contributed by atoms with Crippen LogP contribution in [0.15, 0.2) is 5.38 Å². The number of nitrogens with zero attached hydrogens (tertiary/aromatic N) is 3. The van der Waals surface area contributed by atoms with E-state index in [4.69, 9.17) is 4.98 Å². The lowest BCUT2D eigenvalue weighted by Gasteiger charge is -2.33. The Morgan fingerprint density at radius 3 is 2.80 bits per heavy atom. The third-order valence-corrected chi connectivity index (χ3v) is 4.73. The zero-order valence-corrected chi connectivity index (χ0v) is 13.9. The van der Waals surface area contributed by atoms with Crippen LogP contribution in [0.2, 0.25) is 0 Å². The third-order valence-electron chi connectivity index (χ3n) is 3.78. The molecule has 0 spiro atoms. The minimum absolute atomic E-state index is 0.854. The van der Waals surface area contributed by atoms with Gasteiger partial charge < -0.3 is 15.1 Å². The summed E-state index contributed by atoms with van der Waals surface area (Å²) in [5.41, 5.74) is 1.19. The fourth-order valence-corrected chi connectivity index (χ4v) is 3.62. The van der Waals surface area contributed by atoms with E-state index in [0.717, 1.165) is 32.1 Å². The lowest BCUT2D eigenvalue weighted by Crippen LogP contribution is -2.37. The van der Waals surface area contributed by atoms with E-state index in [1.54, 1.807) is 11.3 Å². The van der Waals surface area contributed by atoms with E-state index < -0.39 is 0 Å². The Kier molecular flexibility index (Phi) is 6.26. The van der Waals surface area contributed by atoms with Crippen molar-refractivity contribution >= 4 is 16.5 Å². The molecule has 0 unspecified atom stereocenters. The number of nitrogens with one attached hydrogen (secondary N) is 1. The molecule has 1 aliphatic rings. The van der Waals surface area contributed by atoms with Crippen molar-refractivity contribution < 1.29 is 0 Å². The Morgan fingerprint density at radius 2 is 2.15 bits per heavy atom. The van der Waals surface area contributed by atoms with E-state index in [1.165, 1.54) is 36.6 Å². The number of anilines is 1. The highest BCUT2D eigenvalue weighted by Gasteiger charge is 2.21. The van der Waals surface area contributed by atoms with Crippen molar-refractivity contribution in [1.29, 1.82) is 0 Å². The summed E-state index contributed by atoms with van der Waals surface area (Å²) in [6.07, 6.45) is 3.76. The van der Waals surface area contributed by atoms with Crippen LogP contribution in [0.25, 0.3) is 0 Å². The maximum absolute atomic E-state index is 4.76. The first-order valence-electron chi connectivity index (χ1n) is 7.73. The normalized spacial score (nSPS) is 17.1. The van der Waals surface area contributed by atoms with Crippen LogP contribution in [0.3, 0.4) is 0 Å². The molecular formula is C15H28N4S. The first-order chi connectivity index (χ1) is 9.69. The SMILES string of the molecule is CCCNCc1csc(N2CCC(CN(C)C)CC2)n1. The van der Waals surface area contributed by atoms with E-state index in [2.05, 4.69) is 41.5 Å². The highest BCUT2D eigenvalue weighted by Crippen LogP contribution is 2.26. The Balaban J connectivity index is 1.78. The number of aromatic nitrogens is 1. The second kappa shape index (κ2) is 7.96. The standard InChI is InChI=1S/C15H28N4S/c1-4-7-16-10-14-12-20-15(17-14)19-8-5-13(6-9-19)11-18(2)3/h12-13,16H,4-11H2,1-3H3. The van der Waals surface area contributed by atoms with Gasteiger partial charge in [-0.2, -0.15) is 0 Å². The number of rotatable bonds is 7. The van der Waals surface area contributed by atoms with Crippen molar-refractivity contribution in [3.63, 3.8) is 0 Å². The van der Waals surface area contributed by atoms with Crippen molar-refractivity contribution in [1.82, 2.24) is 15.2 Å². The van der Waals surface area contributed by atoms with Crippen molar-refractivity contribution in [2.24, 2.45) is 5.92 Å². The van der Waals surface area contributed by atoms with E-state index in [9.17, 15) is 0 Å². The molecular weight excluding hydrogens is 268 g/mol. The smallest absolute Gasteiger partial charge is 0.185 e. The summed E-state index contributed by atoms with van der Waals surface area (Å²) < 4.78 is 0. The van der Waals surface area contributed by atoms with Crippen molar-refractivity contribution in [2.75, 3.05) is 45.2 Å². The highest BCUT2D eigenvalue weighted by atomic mass is 32.1. The number of thiazole rings is 1. The average molecular weight is 296 g/mol. The van der Waals surface area contributed by atoms with Gasteiger partial charge in [-0.05, 0) is 45.8 Å². The second-order valence-electron chi connectivity index (χ2n) is 5.99. The van der Waals surface area contributed by atoms with Gasteiger partial charge >= 0.3 is 0 Å². The van der Waals surface area contributed by atoms with Crippen LogP contribution in [0, 0.1) is 5.92 Å². The Bertz CT molecular complexity index is 383. The summed E-state index contributed by atoms with van der Waals surface area (Å²) >= 11 is 1.79. The molecule has 2 rings (SSSR count). The van der Waals surface area contributed by atoms with E-state index >= 15 is 0 Å². The summed E-state index contributed by atoms with van der Waals surface area (Å²) in [4.78, 5) is 9.53. The maximum Gasteiger partial charge on any atom is 0.185 e. The molecule has 5 heteroatoms. The van der Waals surface area contributed by atoms with Gasteiger partial charge in [-0.3, -0.25) is 0 Å². The van der Waals surface area contributed by atoms with Crippen LogP contribution in [0.5, 0.6) is 0 Å². The molecule has 114 valence electrons. The minimum Gasteiger partial charge on any atom is -0.348 e. The summed E-state index contributed by atoms with van der Waals surface area (Å²) in [6, 6.07) is 0. The highest BCUT2D eigenvalue weighted by molar-refractivity contribution is 7.13. The molecule has 0 radical (unpaired) electrons. The molecule has 0 amide bonds. The third kappa shape index (κ3) is 4.72. The van der Waals surface area contributed by atoms with E-state index in [0.29, 0.717) is 0 Å². The largest absolute Gasteiger partial charge is 0.348 e. The lowest BCUT2D eigenvalue weighted by molar-refractivity contribution is 0.285. The predicted octanol–water partition coefficient (Wildman–Crippen LogP) is 2.42. The van der Waals surface area contributed by atoms with Gasteiger partial charge in [-0.25, -0.2) is 4.98 Å². The zero-order valence-electron chi connectivity index (χ0n) is 13.1. The zero-order chi connectivity index (χ0) is 14.4.